The van der Waals surface area contributed by atoms with Crippen LogP contribution in [0.1, 0.15) is 24.8 Å². The van der Waals surface area contributed by atoms with Gasteiger partial charge in [0.15, 0.2) is 0 Å². The summed E-state index contributed by atoms with van der Waals surface area (Å²) in [6.07, 6.45) is -1.81. The SMILES string of the molecule is FC(F)(F)c1cc(Cl)cc(NC2CCCOCC2)c1. The monoisotopic (exact) mass is 293 g/mol. The molecule has 0 saturated carbocycles. The maximum absolute atomic E-state index is 12.7. The zero-order valence-electron chi connectivity index (χ0n) is 10.3. The molecule has 0 amide bonds. The van der Waals surface area contributed by atoms with Gasteiger partial charge in [-0.3, -0.25) is 0 Å². The van der Waals surface area contributed by atoms with Gasteiger partial charge in [-0.05, 0) is 37.5 Å². The molecule has 1 N–H and O–H groups in total. The van der Waals surface area contributed by atoms with Crippen LogP contribution in [0.3, 0.4) is 0 Å². The maximum atomic E-state index is 12.7. The van der Waals surface area contributed by atoms with Crippen molar-refractivity contribution >= 4 is 17.3 Å². The third-order valence-corrected chi connectivity index (χ3v) is 3.27. The first-order valence-corrected chi connectivity index (χ1v) is 6.55. The topological polar surface area (TPSA) is 21.3 Å². The minimum Gasteiger partial charge on any atom is -0.382 e. The Morgan fingerprint density at radius 1 is 1.16 bits per heavy atom. The molecule has 2 nitrogen and oxygen atoms in total. The molecule has 1 aromatic carbocycles. The van der Waals surface area contributed by atoms with E-state index in [1.54, 1.807) is 0 Å². The van der Waals surface area contributed by atoms with Gasteiger partial charge in [-0.2, -0.15) is 13.2 Å². The number of rotatable bonds is 2. The maximum Gasteiger partial charge on any atom is 0.416 e. The van der Waals surface area contributed by atoms with Crippen molar-refractivity contribution < 1.29 is 17.9 Å². The van der Waals surface area contributed by atoms with E-state index in [9.17, 15) is 13.2 Å². The summed E-state index contributed by atoms with van der Waals surface area (Å²) in [6, 6.07) is 3.67. The van der Waals surface area contributed by atoms with Crippen LogP contribution in [0.2, 0.25) is 5.02 Å². The van der Waals surface area contributed by atoms with Crippen molar-refractivity contribution in [2.75, 3.05) is 18.5 Å². The number of anilines is 1. The lowest BCUT2D eigenvalue weighted by Gasteiger charge is -2.18. The van der Waals surface area contributed by atoms with Gasteiger partial charge >= 0.3 is 6.18 Å². The van der Waals surface area contributed by atoms with E-state index in [1.165, 1.54) is 6.07 Å². The van der Waals surface area contributed by atoms with Gasteiger partial charge in [0, 0.05) is 30.0 Å². The number of hydrogen-bond acceptors (Lipinski definition) is 2. The van der Waals surface area contributed by atoms with Crippen LogP contribution in [0.15, 0.2) is 18.2 Å². The fourth-order valence-electron chi connectivity index (χ4n) is 2.12. The highest BCUT2D eigenvalue weighted by molar-refractivity contribution is 6.30. The standard InChI is InChI=1S/C13H15ClF3NO/c14-10-6-9(13(15,16)17)7-12(8-10)18-11-2-1-4-19-5-3-11/h6-8,11,18H,1-5H2. The first-order valence-electron chi connectivity index (χ1n) is 6.17. The largest absolute Gasteiger partial charge is 0.416 e. The van der Waals surface area contributed by atoms with Crippen LogP contribution in [-0.2, 0) is 10.9 Å². The predicted octanol–water partition coefficient (Wildman–Crippen LogP) is 4.34. The highest BCUT2D eigenvalue weighted by Gasteiger charge is 2.31. The van der Waals surface area contributed by atoms with Gasteiger partial charge in [0.1, 0.15) is 0 Å². The van der Waals surface area contributed by atoms with Crippen LogP contribution in [0, 0.1) is 0 Å². The summed E-state index contributed by atoms with van der Waals surface area (Å²) in [5.74, 6) is 0. The van der Waals surface area contributed by atoms with Gasteiger partial charge in [-0.25, -0.2) is 0 Å². The van der Waals surface area contributed by atoms with Gasteiger partial charge in [0.25, 0.3) is 0 Å². The van der Waals surface area contributed by atoms with E-state index >= 15 is 0 Å². The molecule has 1 aliphatic rings. The number of halogens is 4. The lowest BCUT2D eigenvalue weighted by atomic mass is 10.1. The Kier molecular flexibility index (Phi) is 4.58. The normalized spacial score (nSPS) is 20.9. The van der Waals surface area contributed by atoms with E-state index in [4.69, 9.17) is 16.3 Å². The molecule has 1 atom stereocenters. The first kappa shape index (κ1) is 14.5. The molecule has 2 rings (SSSR count). The van der Waals surface area contributed by atoms with E-state index in [0.717, 1.165) is 31.4 Å². The van der Waals surface area contributed by atoms with E-state index < -0.39 is 11.7 Å². The second-order valence-corrected chi connectivity index (χ2v) is 5.05. The molecule has 19 heavy (non-hydrogen) atoms. The average molecular weight is 294 g/mol. The van der Waals surface area contributed by atoms with Crippen LogP contribution in [0.25, 0.3) is 0 Å². The Morgan fingerprint density at radius 2 is 1.95 bits per heavy atom. The lowest BCUT2D eigenvalue weighted by Crippen LogP contribution is -2.20. The summed E-state index contributed by atoms with van der Waals surface area (Å²) in [6.45, 7) is 1.34. The minimum absolute atomic E-state index is 0.0854. The molecule has 0 radical (unpaired) electrons. The van der Waals surface area contributed by atoms with E-state index in [2.05, 4.69) is 5.32 Å². The molecule has 6 heteroatoms. The number of nitrogens with one attached hydrogen (secondary N) is 1. The molecule has 1 aliphatic heterocycles. The van der Waals surface area contributed by atoms with Crippen molar-refractivity contribution in [3.05, 3.63) is 28.8 Å². The molecule has 106 valence electrons. The second-order valence-electron chi connectivity index (χ2n) is 4.61. The molecule has 1 unspecified atom stereocenters. The summed E-state index contributed by atoms with van der Waals surface area (Å²) in [5.41, 5.74) is -0.320. The summed E-state index contributed by atoms with van der Waals surface area (Å²) >= 11 is 5.74. The van der Waals surface area contributed by atoms with Gasteiger partial charge in [-0.1, -0.05) is 11.6 Å². The van der Waals surface area contributed by atoms with Crippen molar-refractivity contribution in [3.8, 4) is 0 Å². The smallest absolute Gasteiger partial charge is 0.382 e. The van der Waals surface area contributed by atoms with Gasteiger partial charge < -0.3 is 10.1 Å². The fourth-order valence-corrected chi connectivity index (χ4v) is 2.36. The van der Waals surface area contributed by atoms with Gasteiger partial charge in [-0.15, -0.1) is 0 Å². The zero-order chi connectivity index (χ0) is 13.9. The molecule has 0 aromatic heterocycles. The summed E-state index contributed by atoms with van der Waals surface area (Å²) in [7, 11) is 0. The Labute approximate surface area is 114 Å². The van der Waals surface area contributed by atoms with Crippen LogP contribution in [0.5, 0.6) is 0 Å². The molecular formula is C13H15ClF3NO. The van der Waals surface area contributed by atoms with Gasteiger partial charge in [0.2, 0.25) is 0 Å². The van der Waals surface area contributed by atoms with E-state index in [0.29, 0.717) is 18.9 Å². The highest BCUT2D eigenvalue weighted by atomic mass is 35.5. The van der Waals surface area contributed by atoms with Crippen molar-refractivity contribution in [1.29, 1.82) is 0 Å². The van der Waals surface area contributed by atoms with E-state index in [-0.39, 0.29) is 11.1 Å². The Morgan fingerprint density at radius 3 is 2.68 bits per heavy atom. The molecule has 0 bridgehead atoms. The van der Waals surface area contributed by atoms with Crippen molar-refractivity contribution in [3.63, 3.8) is 0 Å². The van der Waals surface area contributed by atoms with Crippen molar-refractivity contribution in [2.45, 2.75) is 31.5 Å². The fraction of sp³-hybridized carbons (Fsp3) is 0.538. The first-order chi connectivity index (χ1) is 8.95. The number of benzene rings is 1. The molecule has 1 heterocycles. The third-order valence-electron chi connectivity index (χ3n) is 3.05. The van der Waals surface area contributed by atoms with Crippen LogP contribution in [-0.4, -0.2) is 19.3 Å². The van der Waals surface area contributed by atoms with Crippen LogP contribution < -0.4 is 5.32 Å². The Balaban J connectivity index is 2.13. The van der Waals surface area contributed by atoms with Gasteiger partial charge in [0.05, 0.1) is 5.56 Å². The zero-order valence-corrected chi connectivity index (χ0v) is 11.0. The van der Waals surface area contributed by atoms with Crippen LogP contribution in [0.4, 0.5) is 18.9 Å². The molecule has 0 spiro atoms. The molecular weight excluding hydrogens is 279 g/mol. The summed E-state index contributed by atoms with van der Waals surface area (Å²) in [5, 5.41) is 3.20. The molecule has 1 fully saturated rings. The van der Waals surface area contributed by atoms with Crippen molar-refractivity contribution in [1.82, 2.24) is 0 Å². The number of ether oxygens (including phenoxy) is 1. The van der Waals surface area contributed by atoms with Crippen molar-refractivity contribution in [2.24, 2.45) is 0 Å². The highest BCUT2D eigenvalue weighted by Crippen LogP contribution is 2.33. The Bertz CT molecular complexity index is 428. The van der Waals surface area contributed by atoms with E-state index in [1.807, 2.05) is 0 Å². The molecule has 1 aromatic rings. The van der Waals surface area contributed by atoms with Crippen LogP contribution >= 0.6 is 11.6 Å². The summed E-state index contributed by atoms with van der Waals surface area (Å²) < 4.78 is 43.4. The number of hydrogen-bond donors (Lipinski definition) is 1. The molecule has 1 saturated heterocycles. The third kappa shape index (κ3) is 4.28. The second kappa shape index (κ2) is 6.01. The lowest BCUT2D eigenvalue weighted by molar-refractivity contribution is -0.137. The summed E-state index contributed by atoms with van der Waals surface area (Å²) in [4.78, 5) is 0. The predicted molar refractivity (Wildman–Crippen MR) is 68.5 cm³/mol. The quantitative estimate of drug-likeness (QED) is 0.876. The minimum atomic E-state index is -4.38. The average Bonchev–Trinajstić information content (AvgIpc) is 2.55. The number of alkyl halides is 3. The molecule has 0 aliphatic carbocycles. The Hall–Kier alpha value is -0.940.